The fraction of sp³-hybridized carbons (Fsp3) is 0.667. The van der Waals surface area contributed by atoms with Crippen molar-refractivity contribution in [1.29, 1.82) is 0 Å². The van der Waals surface area contributed by atoms with Crippen molar-refractivity contribution in [3.05, 3.63) is 40.3 Å². The SMILES string of the molecule is C[C@H]1CC[C@@H](C[C@H](C)n2c(=O)c(C(=O)O)nc3ccccc32)N1C[C@@H]1CC[C@H]2CC1C2(C)C. The van der Waals surface area contributed by atoms with Gasteiger partial charge < -0.3 is 9.67 Å². The summed E-state index contributed by atoms with van der Waals surface area (Å²) < 4.78 is 1.67. The van der Waals surface area contributed by atoms with Crippen molar-refractivity contribution < 1.29 is 9.90 Å². The van der Waals surface area contributed by atoms with Crippen molar-refractivity contribution in [2.45, 2.75) is 84.3 Å². The summed E-state index contributed by atoms with van der Waals surface area (Å²) in [4.78, 5) is 31.7. The Bertz CT molecular complexity index is 1120. The van der Waals surface area contributed by atoms with Crippen molar-refractivity contribution in [3.63, 3.8) is 0 Å². The van der Waals surface area contributed by atoms with Crippen LogP contribution in [-0.2, 0) is 0 Å². The summed E-state index contributed by atoms with van der Waals surface area (Å²) in [7, 11) is 0. The van der Waals surface area contributed by atoms with E-state index in [2.05, 4.69) is 37.6 Å². The molecule has 0 radical (unpaired) electrons. The summed E-state index contributed by atoms with van der Waals surface area (Å²) in [5.74, 6) is 1.26. The van der Waals surface area contributed by atoms with Crippen LogP contribution in [0.4, 0.5) is 0 Å². The number of hydrogen-bond donors (Lipinski definition) is 1. The first-order valence-corrected chi connectivity index (χ1v) is 12.7. The number of aromatic carboxylic acids is 1. The minimum Gasteiger partial charge on any atom is -0.476 e. The maximum Gasteiger partial charge on any atom is 0.360 e. The van der Waals surface area contributed by atoms with Gasteiger partial charge in [0.2, 0.25) is 5.69 Å². The predicted octanol–water partition coefficient (Wildman–Crippen LogP) is 4.97. The number of para-hydroxylation sites is 2. The van der Waals surface area contributed by atoms with Crippen LogP contribution in [0, 0.1) is 23.2 Å². The molecule has 1 aliphatic heterocycles. The fourth-order valence-corrected chi connectivity index (χ4v) is 7.39. The smallest absolute Gasteiger partial charge is 0.360 e. The molecular weight excluding hydrogens is 414 g/mol. The summed E-state index contributed by atoms with van der Waals surface area (Å²) in [6.07, 6.45) is 7.29. The number of rotatable bonds is 6. The molecule has 3 aliphatic carbocycles. The zero-order chi connectivity index (χ0) is 23.5. The van der Waals surface area contributed by atoms with Crippen LogP contribution in [0.5, 0.6) is 0 Å². The first kappa shape index (κ1) is 22.6. The number of nitrogens with zero attached hydrogens (tertiary/aromatic N) is 3. The highest BCUT2D eigenvalue weighted by atomic mass is 16.4. The Hall–Kier alpha value is -2.21. The molecule has 2 aromatic rings. The molecule has 3 saturated carbocycles. The van der Waals surface area contributed by atoms with Crippen LogP contribution in [0.3, 0.4) is 0 Å². The van der Waals surface area contributed by atoms with Gasteiger partial charge in [0.15, 0.2) is 0 Å². The van der Waals surface area contributed by atoms with Crippen LogP contribution in [-0.4, -0.2) is 44.2 Å². The summed E-state index contributed by atoms with van der Waals surface area (Å²) in [6, 6.07) is 8.25. The molecule has 0 amide bonds. The maximum atomic E-state index is 13.1. The highest BCUT2D eigenvalue weighted by Gasteiger charge is 2.54. The van der Waals surface area contributed by atoms with E-state index in [9.17, 15) is 14.7 Å². The van der Waals surface area contributed by atoms with E-state index < -0.39 is 11.5 Å². The molecule has 4 fully saturated rings. The van der Waals surface area contributed by atoms with Crippen molar-refractivity contribution in [3.8, 4) is 0 Å². The molecule has 6 heteroatoms. The second kappa shape index (κ2) is 8.23. The van der Waals surface area contributed by atoms with Crippen molar-refractivity contribution >= 4 is 17.0 Å². The lowest BCUT2D eigenvalue weighted by atomic mass is 9.45. The average Bonchev–Trinajstić information content (AvgIpc) is 3.11. The van der Waals surface area contributed by atoms with Gasteiger partial charge in [0, 0.05) is 24.7 Å². The number of carboxylic acid groups (broad SMARTS) is 1. The molecule has 1 unspecified atom stereocenters. The first-order valence-electron chi connectivity index (χ1n) is 12.7. The largest absolute Gasteiger partial charge is 0.476 e. The maximum absolute atomic E-state index is 13.1. The zero-order valence-corrected chi connectivity index (χ0v) is 20.3. The number of carboxylic acids is 1. The molecule has 6 nitrogen and oxygen atoms in total. The van der Waals surface area contributed by atoms with E-state index in [1.807, 2.05) is 18.2 Å². The Morgan fingerprint density at radius 2 is 1.97 bits per heavy atom. The van der Waals surface area contributed by atoms with E-state index in [0.29, 0.717) is 28.5 Å². The monoisotopic (exact) mass is 451 g/mol. The fourth-order valence-electron chi connectivity index (χ4n) is 7.39. The Morgan fingerprint density at radius 3 is 2.67 bits per heavy atom. The van der Waals surface area contributed by atoms with Crippen LogP contribution in [0.2, 0.25) is 0 Å². The van der Waals surface area contributed by atoms with Crippen molar-refractivity contribution in [1.82, 2.24) is 14.5 Å². The topological polar surface area (TPSA) is 75.4 Å². The molecule has 6 atom stereocenters. The van der Waals surface area contributed by atoms with Crippen molar-refractivity contribution in [2.24, 2.45) is 23.2 Å². The van der Waals surface area contributed by atoms with Crippen LogP contribution >= 0.6 is 0 Å². The van der Waals surface area contributed by atoms with E-state index in [4.69, 9.17) is 0 Å². The normalized spacial score (nSPS) is 31.9. The lowest BCUT2D eigenvalue weighted by Crippen LogP contribution is -2.55. The van der Waals surface area contributed by atoms with Gasteiger partial charge in [0.05, 0.1) is 11.0 Å². The highest BCUT2D eigenvalue weighted by molar-refractivity contribution is 5.88. The van der Waals surface area contributed by atoms with Gasteiger partial charge in [-0.3, -0.25) is 9.69 Å². The highest BCUT2D eigenvalue weighted by Crippen LogP contribution is 2.61. The Labute approximate surface area is 196 Å². The summed E-state index contributed by atoms with van der Waals surface area (Å²) >= 11 is 0. The molecule has 0 spiro atoms. The van der Waals surface area contributed by atoms with Gasteiger partial charge in [-0.25, -0.2) is 9.78 Å². The van der Waals surface area contributed by atoms with Gasteiger partial charge >= 0.3 is 5.97 Å². The number of likely N-dealkylation sites (tertiary alicyclic amines) is 1. The third-order valence-electron chi connectivity index (χ3n) is 9.45. The van der Waals surface area contributed by atoms with Gasteiger partial charge in [-0.1, -0.05) is 26.0 Å². The molecule has 4 aliphatic rings. The Kier molecular flexibility index (Phi) is 5.63. The molecular formula is C27H37N3O3. The van der Waals surface area contributed by atoms with E-state index in [1.54, 1.807) is 10.6 Å². The molecule has 2 bridgehead atoms. The molecule has 6 rings (SSSR count). The van der Waals surface area contributed by atoms with Gasteiger partial charge in [0.1, 0.15) is 0 Å². The summed E-state index contributed by atoms with van der Waals surface area (Å²) in [5, 5.41) is 9.56. The lowest BCUT2D eigenvalue weighted by molar-refractivity contribution is -0.114. The molecule has 1 saturated heterocycles. The first-order chi connectivity index (χ1) is 15.7. The molecule has 1 aromatic heterocycles. The second-order valence-corrected chi connectivity index (χ2v) is 11.5. The Balaban J connectivity index is 1.40. The minimum absolute atomic E-state index is 0.0998. The number of benzene rings is 1. The summed E-state index contributed by atoms with van der Waals surface area (Å²) in [6.45, 7) is 10.5. The molecule has 1 aromatic carbocycles. The molecule has 2 heterocycles. The number of carbonyl (C=O) groups is 1. The van der Waals surface area contributed by atoms with Crippen LogP contribution in [0.15, 0.2) is 29.1 Å². The van der Waals surface area contributed by atoms with Crippen LogP contribution in [0.25, 0.3) is 11.0 Å². The lowest BCUT2D eigenvalue weighted by Gasteiger charge is -2.61. The standard InChI is InChI=1S/C27H37N3O3/c1-16-9-12-20(29(16)15-18-10-11-19-14-21(18)27(19,3)4)13-17(2)30-23-8-6-5-7-22(23)28-24(25(30)31)26(32)33/h5-8,16-21H,9-15H2,1-4H3,(H,32,33)/t16-,17-,18-,19-,20-,21?/m0/s1. The third-order valence-corrected chi connectivity index (χ3v) is 9.45. The van der Waals surface area contributed by atoms with Gasteiger partial charge in [-0.05, 0) is 87.7 Å². The van der Waals surface area contributed by atoms with Gasteiger partial charge in [-0.2, -0.15) is 0 Å². The quantitative estimate of drug-likeness (QED) is 0.671. The minimum atomic E-state index is -1.26. The molecule has 1 N–H and O–H groups in total. The molecule has 33 heavy (non-hydrogen) atoms. The third kappa shape index (κ3) is 3.71. The zero-order valence-electron chi connectivity index (χ0n) is 20.3. The summed E-state index contributed by atoms with van der Waals surface area (Å²) in [5.41, 5.74) is 0.877. The van der Waals surface area contributed by atoms with Crippen LogP contribution in [0.1, 0.15) is 82.8 Å². The predicted molar refractivity (Wildman–Crippen MR) is 130 cm³/mol. The molecule has 178 valence electrons. The van der Waals surface area contributed by atoms with Crippen LogP contribution < -0.4 is 5.56 Å². The number of fused-ring (bicyclic) bond motifs is 3. The second-order valence-electron chi connectivity index (χ2n) is 11.5. The van der Waals surface area contributed by atoms with E-state index in [0.717, 1.165) is 37.1 Å². The number of aromatic nitrogens is 2. The van der Waals surface area contributed by atoms with E-state index in [1.165, 1.54) is 25.7 Å². The number of hydrogen-bond acceptors (Lipinski definition) is 4. The van der Waals surface area contributed by atoms with E-state index >= 15 is 0 Å². The van der Waals surface area contributed by atoms with Crippen molar-refractivity contribution in [2.75, 3.05) is 6.54 Å². The van der Waals surface area contributed by atoms with Gasteiger partial charge in [0.25, 0.3) is 5.56 Å². The Morgan fingerprint density at radius 1 is 1.21 bits per heavy atom. The van der Waals surface area contributed by atoms with Gasteiger partial charge in [-0.15, -0.1) is 0 Å². The average molecular weight is 452 g/mol. The van der Waals surface area contributed by atoms with E-state index in [-0.39, 0.29) is 11.7 Å².